The number of H-pyrrole nitrogens is 1. The zero-order chi connectivity index (χ0) is 13.8. The Hall–Kier alpha value is -2.55. The van der Waals surface area contributed by atoms with Gasteiger partial charge in [-0.05, 0) is 29.8 Å². The Bertz CT molecular complexity index is 703. The Balaban J connectivity index is 1.87. The second kappa shape index (κ2) is 5.61. The van der Waals surface area contributed by atoms with Crippen LogP contribution >= 0.6 is 0 Å². The molecule has 3 heteroatoms. The van der Waals surface area contributed by atoms with E-state index in [-0.39, 0.29) is 6.10 Å². The van der Waals surface area contributed by atoms with Crippen molar-refractivity contribution in [1.82, 2.24) is 4.98 Å². The third-order valence-corrected chi connectivity index (χ3v) is 3.28. The van der Waals surface area contributed by atoms with E-state index >= 15 is 0 Å². The number of carbonyl (C=O) groups is 1. The highest BCUT2D eigenvalue weighted by atomic mass is 16.5. The van der Waals surface area contributed by atoms with Crippen LogP contribution in [0.25, 0.3) is 10.9 Å². The fourth-order valence-corrected chi connectivity index (χ4v) is 2.28. The SMILES string of the molecule is O=CCC(Oc1ccc2[nH]ccc2c1)c1ccccc1. The van der Waals surface area contributed by atoms with Crippen molar-refractivity contribution in [3.8, 4) is 5.75 Å². The number of nitrogens with one attached hydrogen (secondary N) is 1. The van der Waals surface area contributed by atoms with Gasteiger partial charge in [0.15, 0.2) is 0 Å². The quantitative estimate of drug-likeness (QED) is 0.711. The lowest BCUT2D eigenvalue weighted by Gasteiger charge is -2.17. The smallest absolute Gasteiger partial charge is 0.130 e. The van der Waals surface area contributed by atoms with E-state index in [1.54, 1.807) is 0 Å². The first kappa shape index (κ1) is 12.5. The molecule has 1 unspecified atom stereocenters. The molecule has 3 aromatic rings. The Morgan fingerprint density at radius 1 is 1.10 bits per heavy atom. The number of hydrogen-bond donors (Lipinski definition) is 1. The van der Waals surface area contributed by atoms with Gasteiger partial charge in [0.05, 0.1) is 0 Å². The summed E-state index contributed by atoms with van der Waals surface area (Å²) in [6, 6.07) is 17.7. The van der Waals surface area contributed by atoms with Crippen LogP contribution in [0.1, 0.15) is 18.1 Å². The summed E-state index contributed by atoms with van der Waals surface area (Å²) in [6.07, 6.45) is 2.89. The number of benzene rings is 2. The largest absolute Gasteiger partial charge is 0.485 e. The monoisotopic (exact) mass is 265 g/mol. The van der Waals surface area contributed by atoms with Crippen LogP contribution in [-0.2, 0) is 4.79 Å². The molecule has 1 heterocycles. The second-order valence-corrected chi connectivity index (χ2v) is 4.65. The first-order valence-electron chi connectivity index (χ1n) is 6.59. The number of fused-ring (bicyclic) bond motifs is 1. The van der Waals surface area contributed by atoms with E-state index in [1.165, 1.54) is 0 Å². The minimum Gasteiger partial charge on any atom is -0.485 e. The van der Waals surface area contributed by atoms with Gasteiger partial charge in [0.1, 0.15) is 18.1 Å². The van der Waals surface area contributed by atoms with Crippen molar-refractivity contribution < 1.29 is 9.53 Å². The molecule has 1 N–H and O–H groups in total. The van der Waals surface area contributed by atoms with Gasteiger partial charge in [-0.1, -0.05) is 30.3 Å². The summed E-state index contributed by atoms with van der Waals surface area (Å²) in [5.41, 5.74) is 2.08. The molecule has 0 aliphatic heterocycles. The van der Waals surface area contributed by atoms with Crippen LogP contribution in [-0.4, -0.2) is 11.3 Å². The molecular formula is C17H15NO2. The summed E-state index contributed by atoms with van der Waals surface area (Å²) in [5.74, 6) is 0.771. The average Bonchev–Trinajstić information content (AvgIpc) is 2.95. The van der Waals surface area contributed by atoms with Crippen molar-refractivity contribution in [2.75, 3.05) is 0 Å². The Morgan fingerprint density at radius 3 is 2.75 bits per heavy atom. The van der Waals surface area contributed by atoms with Gasteiger partial charge in [0.25, 0.3) is 0 Å². The average molecular weight is 265 g/mol. The van der Waals surface area contributed by atoms with Crippen LogP contribution in [0.4, 0.5) is 0 Å². The summed E-state index contributed by atoms with van der Waals surface area (Å²) in [4.78, 5) is 14.0. The first-order valence-corrected chi connectivity index (χ1v) is 6.59. The predicted octanol–water partition coefficient (Wildman–Crippen LogP) is 3.88. The summed E-state index contributed by atoms with van der Waals surface area (Å²) in [6.45, 7) is 0. The van der Waals surface area contributed by atoms with Gasteiger partial charge in [-0.3, -0.25) is 0 Å². The third-order valence-electron chi connectivity index (χ3n) is 3.28. The first-order chi connectivity index (χ1) is 9.86. The van der Waals surface area contributed by atoms with Crippen molar-refractivity contribution >= 4 is 17.2 Å². The lowest BCUT2D eigenvalue weighted by atomic mass is 10.1. The maximum Gasteiger partial charge on any atom is 0.130 e. The normalized spacial score (nSPS) is 12.2. The number of aromatic amines is 1. The number of ether oxygens (including phenoxy) is 1. The van der Waals surface area contributed by atoms with Crippen molar-refractivity contribution in [3.63, 3.8) is 0 Å². The highest BCUT2D eigenvalue weighted by Gasteiger charge is 2.12. The third kappa shape index (κ3) is 2.57. The van der Waals surface area contributed by atoms with Crippen molar-refractivity contribution in [2.24, 2.45) is 0 Å². The van der Waals surface area contributed by atoms with E-state index in [0.29, 0.717) is 6.42 Å². The molecule has 0 saturated carbocycles. The maximum atomic E-state index is 10.9. The van der Waals surface area contributed by atoms with Gasteiger partial charge >= 0.3 is 0 Å². The molecule has 0 aliphatic rings. The fraction of sp³-hybridized carbons (Fsp3) is 0.118. The molecule has 0 bridgehead atoms. The van der Waals surface area contributed by atoms with E-state index in [1.807, 2.05) is 60.8 Å². The van der Waals surface area contributed by atoms with E-state index in [4.69, 9.17) is 4.74 Å². The molecule has 0 spiro atoms. The summed E-state index contributed by atoms with van der Waals surface area (Å²) in [7, 11) is 0. The van der Waals surface area contributed by atoms with Crippen molar-refractivity contribution in [2.45, 2.75) is 12.5 Å². The van der Waals surface area contributed by atoms with Gasteiger partial charge in [-0.25, -0.2) is 0 Å². The summed E-state index contributed by atoms with van der Waals surface area (Å²) < 4.78 is 5.97. The molecule has 3 rings (SSSR count). The van der Waals surface area contributed by atoms with Crippen LogP contribution in [0.2, 0.25) is 0 Å². The van der Waals surface area contributed by atoms with Crippen LogP contribution in [0.3, 0.4) is 0 Å². The van der Waals surface area contributed by atoms with Gasteiger partial charge in [-0.15, -0.1) is 0 Å². The zero-order valence-electron chi connectivity index (χ0n) is 11.0. The summed E-state index contributed by atoms with van der Waals surface area (Å²) in [5, 5.41) is 1.10. The lowest BCUT2D eigenvalue weighted by Crippen LogP contribution is -2.08. The predicted molar refractivity (Wildman–Crippen MR) is 78.8 cm³/mol. The molecule has 3 nitrogen and oxygen atoms in total. The number of aldehydes is 1. The molecule has 0 amide bonds. The van der Waals surface area contributed by atoms with Gasteiger partial charge in [0.2, 0.25) is 0 Å². The van der Waals surface area contributed by atoms with E-state index in [2.05, 4.69) is 4.98 Å². The molecule has 1 aromatic heterocycles. The summed E-state index contributed by atoms with van der Waals surface area (Å²) >= 11 is 0. The second-order valence-electron chi connectivity index (χ2n) is 4.65. The standard InChI is InChI=1S/C17H15NO2/c19-11-9-17(13-4-2-1-3-5-13)20-15-6-7-16-14(12-15)8-10-18-16/h1-8,10-12,17-18H,9H2. The number of carbonyl (C=O) groups excluding carboxylic acids is 1. The fourth-order valence-electron chi connectivity index (χ4n) is 2.28. The van der Waals surface area contributed by atoms with Crippen LogP contribution in [0, 0.1) is 0 Å². The zero-order valence-corrected chi connectivity index (χ0v) is 11.0. The minimum atomic E-state index is -0.245. The molecule has 0 aliphatic carbocycles. The Labute approximate surface area is 117 Å². The molecule has 20 heavy (non-hydrogen) atoms. The Kier molecular flexibility index (Phi) is 3.50. The van der Waals surface area contributed by atoms with Gasteiger partial charge in [-0.2, -0.15) is 0 Å². The molecule has 100 valence electrons. The van der Waals surface area contributed by atoms with Crippen LogP contribution < -0.4 is 4.74 Å². The molecule has 0 radical (unpaired) electrons. The molecular weight excluding hydrogens is 250 g/mol. The lowest BCUT2D eigenvalue weighted by molar-refractivity contribution is -0.109. The molecule has 0 fully saturated rings. The maximum absolute atomic E-state index is 10.9. The molecule has 0 saturated heterocycles. The highest BCUT2D eigenvalue weighted by Crippen LogP contribution is 2.26. The van der Waals surface area contributed by atoms with Gasteiger partial charge < -0.3 is 14.5 Å². The molecule has 1 atom stereocenters. The van der Waals surface area contributed by atoms with Crippen LogP contribution in [0.15, 0.2) is 60.8 Å². The van der Waals surface area contributed by atoms with Gasteiger partial charge in [0, 0.05) is 23.5 Å². The number of hydrogen-bond acceptors (Lipinski definition) is 2. The van der Waals surface area contributed by atoms with Crippen molar-refractivity contribution in [3.05, 3.63) is 66.4 Å². The number of rotatable bonds is 5. The Morgan fingerprint density at radius 2 is 1.95 bits per heavy atom. The van der Waals surface area contributed by atoms with Crippen molar-refractivity contribution in [1.29, 1.82) is 0 Å². The highest BCUT2D eigenvalue weighted by molar-refractivity contribution is 5.80. The van der Waals surface area contributed by atoms with E-state index in [0.717, 1.165) is 28.5 Å². The molecule has 2 aromatic carbocycles. The van der Waals surface area contributed by atoms with E-state index in [9.17, 15) is 4.79 Å². The number of aromatic nitrogens is 1. The van der Waals surface area contributed by atoms with E-state index < -0.39 is 0 Å². The minimum absolute atomic E-state index is 0.245. The topological polar surface area (TPSA) is 42.1 Å². The van der Waals surface area contributed by atoms with Crippen LogP contribution in [0.5, 0.6) is 5.75 Å².